The van der Waals surface area contributed by atoms with Crippen molar-refractivity contribution in [3.05, 3.63) is 53.1 Å². The number of halogens is 1. The van der Waals surface area contributed by atoms with Crippen LogP contribution in [0.1, 0.15) is 31.2 Å². The molecule has 0 aromatic heterocycles. The summed E-state index contributed by atoms with van der Waals surface area (Å²) in [5, 5.41) is 3.59. The van der Waals surface area contributed by atoms with Gasteiger partial charge in [-0.15, -0.1) is 0 Å². The smallest absolute Gasteiger partial charge is 0.243 e. The third-order valence-corrected chi connectivity index (χ3v) is 8.32. The van der Waals surface area contributed by atoms with Crippen molar-refractivity contribution in [1.29, 1.82) is 0 Å². The lowest BCUT2D eigenvalue weighted by molar-refractivity contribution is -0.116. The number of carbonyl (C=O) groups excluding carboxylic acids is 1. The Hall–Kier alpha value is -2.13. The molecule has 33 heavy (non-hydrogen) atoms. The van der Waals surface area contributed by atoms with Crippen molar-refractivity contribution < 1.29 is 17.9 Å². The molecule has 0 radical (unpaired) electrons. The lowest BCUT2D eigenvalue weighted by atomic mass is 10.1. The van der Waals surface area contributed by atoms with E-state index in [1.54, 1.807) is 28.6 Å². The van der Waals surface area contributed by atoms with Crippen LogP contribution in [0, 0.1) is 0 Å². The van der Waals surface area contributed by atoms with Crippen LogP contribution in [-0.2, 0) is 26.0 Å². The number of para-hydroxylation sites is 1. The van der Waals surface area contributed by atoms with E-state index >= 15 is 0 Å². The van der Waals surface area contributed by atoms with Crippen molar-refractivity contribution in [2.45, 2.75) is 37.0 Å². The molecule has 0 aliphatic carbocycles. The Morgan fingerprint density at radius 2 is 1.67 bits per heavy atom. The molecule has 2 saturated heterocycles. The fourth-order valence-corrected chi connectivity index (χ4v) is 6.09. The third kappa shape index (κ3) is 5.87. The Balaban J connectivity index is 1.36. The lowest BCUT2D eigenvalue weighted by Gasteiger charge is -2.31. The summed E-state index contributed by atoms with van der Waals surface area (Å²) in [5.74, 6) is -0.114. The Morgan fingerprint density at radius 3 is 2.36 bits per heavy atom. The van der Waals surface area contributed by atoms with E-state index in [-0.39, 0.29) is 12.3 Å². The second-order valence-corrected chi connectivity index (χ2v) is 10.7. The highest BCUT2D eigenvalue weighted by atomic mass is 35.5. The molecular formula is C24H30ClN3O4S. The van der Waals surface area contributed by atoms with Gasteiger partial charge in [0.2, 0.25) is 15.9 Å². The molecule has 0 atom stereocenters. The van der Waals surface area contributed by atoms with Crippen molar-refractivity contribution in [2.75, 3.05) is 49.6 Å². The van der Waals surface area contributed by atoms with Crippen LogP contribution >= 0.6 is 11.6 Å². The topological polar surface area (TPSA) is 79.0 Å². The number of morpholine rings is 1. The van der Waals surface area contributed by atoms with Gasteiger partial charge in [0.25, 0.3) is 0 Å². The summed E-state index contributed by atoms with van der Waals surface area (Å²) in [6.07, 6.45) is 3.70. The van der Waals surface area contributed by atoms with E-state index in [0.29, 0.717) is 48.3 Å². The van der Waals surface area contributed by atoms with E-state index in [4.69, 9.17) is 16.3 Å². The molecule has 1 amide bonds. The van der Waals surface area contributed by atoms with Gasteiger partial charge in [-0.2, -0.15) is 4.31 Å². The second kappa shape index (κ2) is 10.9. The molecule has 178 valence electrons. The second-order valence-electron chi connectivity index (χ2n) is 8.39. The van der Waals surface area contributed by atoms with Crippen LogP contribution in [-0.4, -0.2) is 58.0 Å². The Labute approximate surface area is 200 Å². The fourth-order valence-electron chi connectivity index (χ4n) is 4.28. The van der Waals surface area contributed by atoms with Crippen molar-refractivity contribution in [1.82, 2.24) is 4.31 Å². The Kier molecular flexibility index (Phi) is 7.90. The first kappa shape index (κ1) is 24.0. The van der Waals surface area contributed by atoms with E-state index in [9.17, 15) is 13.2 Å². The largest absolute Gasteiger partial charge is 0.378 e. The quantitative estimate of drug-likeness (QED) is 0.635. The van der Waals surface area contributed by atoms with Gasteiger partial charge in [0.1, 0.15) is 0 Å². The van der Waals surface area contributed by atoms with Crippen molar-refractivity contribution >= 4 is 38.9 Å². The number of nitrogens with one attached hydrogen (secondary N) is 1. The predicted molar refractivity (Wildman–Crippen MR) is 130 cm³/mol. The van der Waals surface area contributed by atoms with Gasteiger partial charge in [-0.25, -0.2) is 8.42 Å². The summed E-state index contributed by atoms with van der Waals surface area (Å²) in [7, 11) is -3.44. The molecule has 0 unspecified atom stereocenters. The number of aryl methyl sites for hydroxylation is 1. The van der Waals surface area contributed by atoms with Crippen LogP contribution in [0.4, 0.5) is 11.4 Å². The van der Waals surface area contributed by atoms with Crippen LogP contribution in [0.25, 0.3) is 0 Å². The number of sulfonamides is 1. The molecular weight excluding hydrogens is 462 g/mol. The first-order chi connectivity index (χ1) is 15.9. The number of piperidine rings is 1. The van der Waals surface area contributed by atoms with Gasteiger partial charge in [0, 0.05) is 32.6 Å². The molecule has 2 aromatic rings. The third-order valence-electron chi connectivity index (χ3n) is 6.11. The molecule has 2 fully saturated rings. The molecule has 2 aromatic carbocycles. The van der Waals surface area contributed by atoms with Crippen molar-refractivity contribution in [3.63, 3.8) is 0 Å². The number of amides is 1. The van der Waals surface area contributed by atoms with Crippen LogP contribution in [0.2, 0.25) is 5.02 Å². The maximum Gasteiger partial charge on any atom is 0.243 e. The summed E-state index contributed by atoms with van der Waals surface area (Å²) < 4.78 is 32.6. The minimum atomic E-state index is -3.44. The zero-order valence-corrected chi connectivity index (χ0v) is 20.2. The monoisotopic (exact) mass is 491 g/mol. The molecule has 0 saturated carbocycles. The number of hydrogen-bond acceptors (Lipinski definition) is 5. The van der Waals surface area contributed by atoms with Gasteiger partial charge in [-0.3, -0.25) is 4.79 Å². The molecule has 4 rings (SSSR count). The minimum absolute atomic E-state index is 0.114. The van der Waals surface area contributed by atoms with Crippen molar-refractivity contribution in [2.24, 2.45) is 0 Å². The number of hydrogen-bond donors (Lipinski definition) is 1. The summed E-state index contributed by atoms with van der Waals surface area (Å²) in [5.41, 5.74) is 2.43. The Bertz CT molecular complexity index is 1060. The minimum Gasteiger partial charge on any atom is -0.378 e. The van der Waals surface area contributed by atoms with Crippen LogP contribution in [0.3, 0.4) is 0 Å². The van der Waals surface area contributed by atoms with Gasteiger partial charge in [0.05, 0.1) is 34.5 Å². The van der Waals surface area contributed by atoms with Crippen LogP contribution in [0.5, 0.6) is 0 Å². The maximum atomic E-state index is 12.8. The number of rotatable bonds is 7. The SMILES string of the molecule is O=C(CCc1ccc(S(=O)(=O)N2CCCCC2)cc1)Nc1cccc(Cl)c1N1CCOCC1. The number of anilines is 2. The van der Waals surface area contributed by atoms with E-state index in [1.165, 1.54) is 0 Å². The highest BCUT2D eigenvalue weighted by Gasteiger charge is 2.25. The van der Waals surface area contributed by atoms with Crippen LogP contribution < -0.4 is 10.2 Å². The number of nitrogens with zero attached hydrogens (tertiary/aromatic N) is 2. The van der Waals surface area contributed by atoms with E-state index in [0.717, 1.165) is 43.6 Å². The van der Waals surface area contributed by atoms with E-state index in [2.05, 4.69) is 10.2 Å². The standard InChI is InChI=1S/C24H30ClN3O4S/c25-21-5-4-6-22(24(21)27-15-17-32-18-16-27)26-23(29)12-9-19-7-10-20(11-8-19)33(30,31)28-13-2-1-3-14-28/h4-8,10-11H,1-3,9,12-18H2,(H,26,29). The first-order valence-electron chi connectivity index (χ1n) is 11.5. The van der Waals surface area contributed by atoms with E-state index in [1.807, 2.05) is 18.2 Å². The summed E-state index contributed by atoms with van der Waals surface area (Å²) >= 11 is 6.44. The van der Waals surface area contributed by atoms with Gasteiger partial charge < -0.3 is 15.0 Å². The highest BCUT2D eigenvalue weighted by molar-refractivity contribution is 7.89. The lowest BCUT2D eigenvalue weighted by Crippen LogP contribution is -2.37. The van der Waals surface area contributed by atoms with Gasteiger partial charge in [-0.05, 0) is 49.1 Å². The zero-order chi connectivity index (χ0) is 23.3. The molecule has 2 heterocycles. The molecule has 1 N–H and O–H groups in total. The molecule has 9 heteroatoms. The molecule has 0 spiro atoms. The predicted octanol–water partition coefficient (Wildman–Crippen LogP) is 3.92. The Morgan fingerprint density at radius 1 is 0.970 bits per heavy atom. The maximum absolute atomic E-state index is 12.8. The average molecular weight is 492 g/mol. The first-order valence-corrected chi connectivity index (χ1v) is 13.3. The van der Waals surface area contributed by atoms with E-state index < -0.39 is 10.0 Å². The molecule has 2 aliphatic heterocycles. The van der Waals surface area contributed by atoms with Gasteiger partial charge >= 0.3 is 0 Å². The number of carbonyl (C=O) groups is 1. The van der Waals surface area contributed by atoms with Crippen LogP contribution in [0.15, 0.2) is 47.4 Å². The zero-order valence-electron chi connectivity index (χ0n) is 18.6. The number of ether oxygens (including phenoxy) is 1. The summed E-state index contributed by atoms with van der Waals surface area (Å²) in [4.78, 5) is 15.1. The molecule has 0 bridgehead atoms. The molecule has 7 nitrogen and oxygen atoms in total. The van der Waals surface area contributed by atoms with Gasteiger partial charge in [0.15, 0.2) is 0 Å². The van der Waals surface area contributed by atoms with Gasteiger partial charge in [-0.1, -0.05) is 36.2 Å². The summed E-state index contributed by atoms with van der Waals surface area (Å²) in [6, 6.07) is 12.4. The highest BCUT2D eigenvalue weighted by Crippen LogP contribution is 2.34. The normalized spacial score (nSPS) is 17.7. The number of benzene rings is 2. The van der Waals surface area contributed by atoms with Crippen molar-refractivity contribution in [3.8, 4) is 0 Å². The average Bonchev–Trinajstić information content (AvgIpc) is 2.84. The summed E-state index contributed by atoms with van der Waals surface area (Å²) in [6.45, 7) is 3.86. The molecule has 2 aliphatic rings. The fraction of sp³-hybridized carbons (Fsp3) is 0.458.